The monoisotopic (exact) mass is 1870 g/mol. The first kappa shape index (κ1) is 81.1. The molecule has 0 atom stereocenters. The third-order valence-corrected chi connectivity index (χ3v) is 33.5. The smallest absolute Gasteiger partial charge is 0.0562 e. The molecule has 0 unspecified atom stereocenters. The molecule has 0 aliphatic heterocycles. The van der Waals surface area contributed by atoms with Crippen LogP contribution in [0.1, 0.15) is 0 Å². The predicted octanol–water partition coefficient (Wildman–Crippen LogP) is 38.1. The first-order chi connectivity index (χ1) is 70.9. The van der Waals surface area contributed by atoms with Crippen molar-refractivity contribution in [1.82, 2.24) is 27.4 Å². The maximum absolute atomic E-state index is 2.46. The molecule has 6 nitrogen and oxygen atoms in total. The van der Waals surface area contributed by atoms with Gasteiger partial charge < -0.3 is 27.4 Å². The Bertz CT molecular complexity index is 10900. The van der Waals surface area contributed by atoms with Crippen LogP contribution in [0.3, 0.4) is 0 Å². The normalized spacial score (nSPS) is 12.1. The third-order valence-electron chi connectivity index (χ3n) is 29.9. The molecule has 0 fully saturated rings. The lowest BCUT2D eigenvalue weighted by Gasteiger charge is -2.11. The standard InChI is InChI=1S/C48H30N2S.C46H28N2S.C40H24N2S/c1-3-12-31(13-4-1)33-14-11-15-34(28-33)32-22-24-36(25-23-32)49-42-20-9-7-18-37(42)40-29-41-45(30-44(40)49)50(35-16-5-2-6-17-35)43-27-26-39-38-19-8-10-21-46(38)51-48(39)47(41)43;1-2-12-33(13-3-1)48-41-25-24-37-36-15-7-9-17-44(36)49-46(37)45(41)39-27-38-35-14-6-8-16-40(35)47(42(38)28-43(39)48)34-22-20-30(21-23-34)32-19-18-29-10-4-5-11-31(29)26-32;1-2-12-27(13-3-1)41-35-21-20-31-30-15-7-9-17-38(30)43-40(31)39(35)33-23-32-29-14-6-8-16-34(29)42(36(32)24-37(33)41)28-19-18-25-10-4-5-11-26(25)22-28/h1-30H;1-28H;1-24H. The van der Waals surface area contributed by atoms with E-state index in [4.69, 9.17) is 0 Å². The predicted molar refractivity (Wildman–Crippen MR) is 615 cm³/mol. The van der Waals surface area contributed by atoms with Gasteiger partial charge in [0.2, 0.25) is 0 Å². The van der Waals surface area contributed by atoms with Crippen molar-refractivity contribution in [1.29, 1.82) is 0 Å². The second kappa shape index (κ2) is 32.3. The first-order valence-corrected chi connectivity index (χ1v) is 51.3. The molecule has 32 aromatic rings. The topological polar surface area (TPSA) is 29.6 Å². The quantitative estimate of drug-likeness (QED) is 0.138. The Labute approximate surface area is 832 Å². The second-order valence-electron chi connectivity index (χ2n) is 37.7. The average molecular weight is 1870 g/mol. The van der Waals surface area contributed by atoms with Crippen LogP contribution >= 0.6 is 34.0 Å². The van der Waals surface area contributed by atoms with Crippen LogP contribution in [0.5, 0.6) is 0 Å². The van der Waals surface area contributed by atoms with E-state index in [0.29, 0.717) is 0 Å². The third kappa shape index (κ3) is 12.7. The molecule has 32 rings (SSSR count). The number of aromatic nitrogens is 6. The Kier molecular flexibility index (Phi) is 18.3. The number of fused-ring (bicyclic) bond motifs is 32. The summed E-state index contributed by atoms with van der Waals surface area (Å²) in [6.45, 7) is 0. The summed E-state index contributed by atoms with van der Waals surface area (Å²) < 4.78 is 22.7. The number of hydrogen-bond donors (Lipinski definition) is 0. The van der Waals surface area contributed by atoms with Crippen molar-refractivity contribution in [2.45, 2.75) is 0 Å². The van der Waals surface area contributed by atoms with Gasteiger partial charge in [-0.15, -0.1) is 34.0 Å². The summed E-state index contributed by atoms with van der Waals surface area (Å²) in [6, 6.07) is 182. The van der Waals surface area contributed by atoms with Crippen molar-refractivity contribution in [2.75, 3.05) is 0 Å². The summed E-state index contributed by atoms with van der Waals surface area (Å²) in [6.07, 6.45) is 0. The highest BCUT2D eigenvalue weighted by molar-refractivity contribution is 7.27. The van der Waals surface area contributed by atoms with Crippen LogP contribution in [0, 0.1) is 0 Å². The molecule has 0 N–H and O–H groups in total. The number of nitrogens with zero attached hydrogens (tertiary/aromatic N) is 6. The number of hydrogen-bond acceptors (Lipinski definition) is 3. The first-order valence-electron chi connectivity index (χ1n) is 48.9. The molecule has 0 aliphatic carbocycles. The Morgan fingerprint density at radius 2 is 0.385 bits per heavy atom. The molecule has 0 bridgehead atoms. The van der Waals surface area contributed by atoms with Crippen molar-refractivity contribution in [3.05, 3.63) is 497 Å². The molecule has 143 heavy (non-hydrogen) atoms. The Hall–Kier alpha value is -18.0. The SMILES string of the molecule is c1ccc(-c2cccc(-c3ccc(-n4c5ccccc5c5cc6c7c8sc9ccccc9c8ccc7n(-c7ccccc7)c6cc54)cc3)c2)cc1.c1ccc(-n2c3cc4c(cc3c3c5sc6ccccc6c5ccc32)c2ccccc2n4-c2ccc(-c3ccc4ccccc4c3)cc2)cc1.c1ccc(-n2c3cc4c(cc3c3c5sc6ccccc6c5ccc32)c2ccccc2n4-c2ccc3ccccc3c2)cc1. The van der Waals surface area contributed by atoms with Gasteiger partial charge in [-0.2, -0.15) is 0 Å². The van der Waals surface area contributed by atoms with Crippen LogP contribution in [-0.2, 0) is 0 Å². The summed E-state index contributed by atoms with van der Waals surface area (Å²) in [5.41, 5.74) is 29.0. The van der Waals surface area contributed by atoms with Gasteiger partial charge in [-0.25, -0.2) is 0 Å². The maximum Gasteiger partial charge on any atom is 0.0562 e. The zero-order chi connectivity index (χ0) is 93.6. The van der Waals surface area contributed by atoms with E-state index < -0.39 is 0 Å². The van der Waals surface area contributed by atoms with Crippen LogP contribution in [0.2, 0.25) is 0 Å². The van der Waals surface area contributed by atoms with Crippen LogP contribution < -0.4 is 0 Å². The van der Waals surface area contributed by atoms with E-state index in [-0.39, 0.29) is 0 Å². The van der Waals surface area contributed by atoms with E-state index in [1.807, 2.05) is 34.0 Å². The highest BCUT2D eigenvalue weighted by atomic mass is 32.1. The molecule has 666 valence electrons. The van der Waals surface area contributed by atoms with Gasteiger partial charge in [-0.1, -0.05) is 322 Å². The summed E-state index contributed by atoms with van der Waals surface area (Å²) >= 11 is 5.72. The zero-order valence-electron chi connectivity index (χ0n) is 77.3. The molecule has 0 amide bonds. The molecular weight excluding hydrogens is 1790 g/mol. The Morgan fingerprint density at radius 1 is 0.119 bits per heavy atom. The summed E-state index contributed by atoms with van der Waals surface area (Å²) in [7, 11) is 0. The number of thiophene rings is 3. The minimum Gasteiger partial charge on any atom is -0.309 e. The average Bonchev–Trinajstić information content (AvgIpc) is 1.55. The molecule has 0 radical (unpaired) electrons. The van der Waals surface area contributed by atoms with Gasteiger partial charge in [0.15, 0.2) is 0 Å². The van der Waals surface area contributed by atoms with Gasteiger partial charge in [0.1, 0.15) is 0 Å². The van der Waals surface area contributed by atoms with Crippen molar-refractivity contribution < 1.29 is 0 Å². The minimum atomic E-state index is 1.15. The van der Waals surface area contributed by atoms with E-state index in [1.165, 1.54) is 269 Å². The van der Waals surface area contributed by atoms with Gasteiger partial charge in [-0.05, 0) is 231 Å². The molecular formula is C134H82N6S3. The van der Waals surface area contributed by atoms with Gasteiger partial charge in [0.05, 0.1) is 66.2 Å². The minimum absolute atomic E-state index is 1.15. The zero-order valence-corrected chi connectivity index (χ0v) is 79.7. The van der Waals surface area contributed by atoms with Gasteiger partial charge in [0.25, 0.3) is 0 Å². The maximum atomic E-state index is 2.46. The summed E-state index contributed by atoms with van der Waals surface area (Å²) in [4.78, 5) is 0. The highest BCUT2D eigenvalue weighted by Gasteiger charge is 2.28. The molecule has 9 heterocycles. The fourth-order valence-corrected chi connectivity index (χ4v) is 27.2. The van der Waals surface area contributed by atoms with Crippen LogP contribution in [0.25, 0.3) is 280 Å². The number of rotatable bonds is 9. The molecule has 23 aromatic carbocycles. The van der Waals surface area contributed by atoms with E-state index >= 15 is 0 Å². The molecule has 0 aliphatic rings. The molecule has 9 heteroatoms. The lowest BCUT2D eigenvalue weighted by Crippen LogP contribution is -1.96. The number of benzene rings is 23. The van der Waals surface area contributed by atoms with Crippen LogP contribution in [-0.4, -0.2) is 27.4 Å². The van der Waals surface area contributed by atoms with E-state index in [2.05, 4.69) is 525 Å². The van der Waals surface area contributed by atoms with Gasteiger partial charge in [0, 0.05) is 159 Å². The van der Waals surface area contributed by atoms with E-state index in [1.54, 1.807) is 0 Å². The van der Waals surface area contributed by atoms with E-state index in [9.17, 15) is 0 Å². The highest BCUT2D eigenvalue weighted by Crippen LogP contribution is 2.52. The summed E-state index contributed by atoms with van der Waals surface area (Å²) in [5.74, 6) is 0. The van der Waals surface area contributed by atoms with Crippen LogP contribution in [0.4, 0.5) is 0 Å². The fourth-order valence-electron chi connectivity index (χ4n) is 23.4. The van der Waals surface area contributed by atoms with Gasteiger partial charge in [-0.3, -0.25) is 0 Å². The molecule has 9 aromatic heterocycles. The molecule has 0 saturated heterocycles. The van der Waals surface area contributed by atoms with Crippen molar-refractivity contribution in [2.24, 2.45) is 0 Å². The van der Waals surface area contributed by atoms with Crippen molar-refractivity contribution in [3.63, 3.8) is 0 Å². The molecule has 0 spiro atoms. The fraction of sp³-hybridized carbons (Fsp3) is 0. The Morgan fingerprint density at radius 3 is 0.776 bits per heavy atom. The van der Waals surface area contributed by atoms with Gasteiger partial charge >= 0.3 is 0 Å². The van der Waals surface area contributed by atoms with E-state index in [0.717, 1.165) is 11.4 Å². The molecule has 0 saturated carbocycles. The lowest BCUT2D eigenvalue weighted by atomic mass is 9.99. The lowest BCUT2D eigenvalue weighted by molar-refractivity contribution is 1.16. The van der Waals surface area contributed by atoms with Crippen LogP contribution in [0.15, 0.2) is 497 Å². The van der Waals surface area contributed by atoms with Crippen molar-refractivity contribution in [3.8, 4) is 67.5 Å². The largest absolute Gasteiger partial charge is 0.309 e. The Balaban J connectivity index is 0.000000100. The van der Waals surface area contributed by atoms with Crippen molar-refractivity contribution >= 4 is 247 Å². The number of para-hydroxylation sites is 6. The second-order valence-corrected chi connectivity index (χ2v) is 40.8. The summed E-state index contributed by atoms with van der Waals surface area (Å²) in [5, 5.41) is 28.5.